The van der Waals surface area contributed by atoms with Gasteiger partial charge in [-0.2, -0.15) is 0 Å². The minimum absolute atomic E-state index is 0.280. The van der Waals surface area contributed by atoms with Crippen LogP contribution in [0.1, 0.15) is 36.5 Å². The second-order valence-electron chi connectivity index (χ2n) is 5.35. The molecule has 2 aromatic rings. The molecule has 3 rings (SSSR count). The molecule has 0 radical (unpaired) electrons. The van der Waals surface area contributed by atoms with Gasteiger partial charge in [0.15, 0.2) is 0 Å². The van der Waals surface area contributed by atoms with Crippen LogP contribution in [0.15, 0.2) is 48.5 Å². The fraction of sp³-hybridized carbons (Fsp3) is 0.333. The van der Waals surface area contributed by atoms with E-state index in [0.717, 1.165) is 23.5 Å². The Hall–Kier alpha value is -2.00. The zero-order valence-corrected chi connectivity index (χ0v) is 12.2. The van der Waals surface area contributed by atoms with Crippen molar-refractivity contribution in [3.8, 4) is 11.5 Å². The summed E-state index contributed by atoms with van der Waals surface area (Å²) < 4.78 is 11.5. The van der Waals surface area contributed by atoms with Crippen LogP contribution in [-0.4, -0.2) is 18.3 Å². The molecule has 0 spiro atoms. The summed E-state index contributed by atoms with van der Waals surface area (Å²) in [5.41, 5.74) is 2.15. The molecule has 1 aliphatic heterocycles. The number of ether oxygens (including phenoxy) is 2. The van der Waals surface area contributed by atoms with E-state index in [1.807, 2.05) is 49.4 Å². The Morgan fingerprint density at radius 1 is 1.19 bits per heavy atom. The Morgan fingerprint density at radius 3 is 2.71 bits per heavy atom. The molecule has 0 bridgehead atoms. The predicted molar refractivity (Wildman–Crippen MR) is 81.9 cm³/mol. The fourth-order valence-electron chi connectivity index (χ4n) is 2.59. The van der Waals surface area contributed by atoms with Gasteiger partial charge in [0.05, 0.1) is 25.2 Å². The van der Waals surface area contributed by atoms with E-state index in [1.165, 1.54) is 5.56 Å². The average molecular weight is 284 g/mol. The lowest BCUT2D eigenvalue weighted by Crippen LogP contribution is -2.11. The van der Waals surface area contributed by atoms with Crippen LogP contribution in [0.2, 0.25) is 0 Å². The van der Waals surface area contributed by atoms with Crippen molar-refractivity contribution >= 4 is 0 Å². The second-order valence-corrected chi connectivity index (χ2v) is 5.35. The molecule has 2 aromatic carbocycles. The Kier molecular flexibility index (Phi) is 4.11. The van der Waals surface area contributed by atoms with Crippen LogP contribution in [0.5, 0.6) is 11.5 Å². The monoisotopic (exact) mass is 284 g/mol. The summed E-state index contributed by atoms with van der Waals surface area (Å²) in [6.45, 7) is 3.24. The van der Waals surface area contributed by atoms with E-state index >= 15 is 0 Å². The van der Waals surface area contributed by atoms with Crippen molar-refractivity contribution in [3.63, 3.8) is 0 Å². The SMILES string of the molecule is CC[C@@H](O)c1ccc(OCC2COc3ccccc32)cc1. The van der Waals surface area contributed by atoms with E-state index in [1.54, 1.807) is 0 Å². The molecule has 1 aliphatic rings. The highest BCUT2D eigenvalue weighted by Crippen LogP contribution is 2.33. The zero-order valence-electron chi connectivity index (χ0n) is 12.2. The Bertz CT molecular complexity index is 592. The van der Waals surface area contributed by atoms with E-state index in [4.69, 9.17) is 9.47 Å². The Morgan fingerprint density at radius 2 is 1.95 bits per heavy atom. The second kappa shape index (κ2) is 6.19. The van der Waals surface area contributed by atoms with Crippen molar-refractivity contribution in [1.82, 2.24) is 0 Å². The summed E-state index contributed by atoms with van der Waals surface area (Å²) in [5.74, 6) is 2.07. The first-order chi connectivity index (χ1) is 10.3. The number of benzene rings is 2. The molecule has 21 heavy (non-hydrogen) atoms. The van der Waals surface area contributed by atoms with Crippen molar-refractivity contribution in [2.45, 2.75) is 25.4 Å². The zero-order chi connectivity index (χ0) is 14.7. The third kappa shape index (κ3) is 3.03. The van der Waals surface area contributed by atoms with Crippen LogP contribution in [-0.2, 0) is 0 Å². The van der Waals surface area contributed by atoms with E-state index in [9.17, 15) is 5.11 Å². The highest BCUT2D eigenvalue weighted by atomic mass is 16.5. The van der Waals surface area contributed by atoms with Crippen LogP contribution in [0.4, 0.5) is 0 Å². The van der Waals surface area contributed by atoms with Gasteiger partial charge in [0.25, 0.3) is 0 Å². The summed E-state index contributed by atoms with van der Waals surface area (Å²) in [6.07, 6.45) is 0.324. The van der Waals surface area contributed by atoms with Gasteiger partial charge in [-0.05, 0) is 30.2 Å². The number of fused-ring (bicyclic) bond motifs is 1. The Labute approximate surface area is 125 Å². The van der Waals surface area contributed by atoms with Gasteiger partial charge in [-0.3, -0.25) is 0 Å². The third-order valence-corrected chi connectivity index (χ3v) is 3.90. The number of aliphatic hydroxyl groups is 1. The van der Waals surface area contributed by atoms with Gasteiger partial charge in [0, 0.05) is 5.56 Å². The maximum atomic E-state index is 9.77. The lowest BCUT2D eigenvalue weighted by Gasteiger charge is -2.13. The largest absolute Gasteiger partial charge is 0.493 e. The quantitative estimate of drug-likeness (QED) is 0.910. The fourth-order valence-corrected chi connectivity index (χ4v) is 2.59. The third-order valence-electron chi connectivity index (χ3n) is 3.90. The topological polar surface area (TPSA) is 38.7 Å². The van der Waals surface area contributed by atoms with Crippen molar-refractivity contribution in [2.75, 3.05) is 13.2 Å². The van der Waals surface area contributed by atoms with Gasteiger partial charge in [0.1, 0.15) is 11.5 Å². The molecule has 0 aliphatic carbocycles. The predicted octanol–water partition coefficient (Wildman–Crippen LogP) is 3.69. The smallest absolute Gasteiger partial charge is 0.123 e. The summed E-state index contributed by atoms with van der Waals surface area (Å²) in [5, 5.41) is 9.77. The number of rotatable bonds is 5. The van der Waals surface area contributed by atoms with E-state index < -0.39 is 6.10 Å². The summed E-state index contributed by atoms with van der Waals surface area (Å²) >= 11 is 0. The van der Waals surface area contributed by atoms with Gasteiger partial charge in [-0.25, -0.2) is 0 Å². The molecule has 2 atom stereocenters. The first kappa shape index (κ1) is 14.0. The number of hydrogen-bond acceptors (Lipinski definition) is 3. The minimum atomic E-state index is -0.394. The van der Waals surface area contributed by atoms with Crippen LogP contribution >= 0.6 is 0 Å². The van der Waals surface area contributed by atoms with Crippen LogP contribution in [0, 0.1) is 0 Å². The van der Waals surface area contributed by atoms with Gasteiger partial charge in [-0.15, -0.1) is 0 Å². The van der Waals surface area contributed by atoms with Crippen molar-refractivity contribution in [1.29, 1.82) is 0 Å². The van der Waals surface area contributed by atoms with E-state index in [-0.39, 0.29) is 5.92 Å². The van der Waals surface area contributed by atoms with Crippen LogP contribution < -0.4 is 9.47 Å². The lowest BCUT2D eigenvalue weighted by molar-refractivity contribution is 0.173. The van der Waals surface area contributed by atoms with E-state index in [2.05, 4.69) is 6.07 Å². The lowest BCUT2D eigenvalue weighted by atomic mass is 10.0. The average Bonchev–Trinajstić information content (AvgIpc) is 2.96. The molecule has 0 saturated heterocycles. The first-order valence-corrected chi connectivity index (χ1v) is 7.40. The molecule has 1 unspecified atom stereocenters. The number of aliphatic hydroxyl groups excluding tert-OH is 1. The van der Waals surface area contributed by atoms with E-state index in [0.29, 0.717) is 13.2 Å². The highest BCUT2D eigenvalue weighted by molar-refractivity contribution is 5.39. The molecule has 3 heteroatoms. The molecule has 0 fully saturated rings. The van der Waals surface area contributed by atoms with Gasteiger partial charge in [-0.1, -0.05) is 37.3 Å². The Balaban J connectivity index is 1.61. The molecular formula is C18H20O3. The first-order valence-electron chi connectivity index (χ1n) is 7.40. The van der Waals surface area contributed by atoms with Crippen LogP contribution in [0.3, 0.4) is 0 Å². The van der Waals surface area contributed by atoms with Crippen molar-refractivity contribution in [2.24, 2.45) is 0 Å². The van der Waals surface area contributed by atoms with Crippen molar-refractivity contribution in [3.05, 3.63) is 59.7 Å². The normalized spacial score (nSPS) is 17.9. The number of hydrogen-bond donors (Lipinski definition) is 1. The minimum Gasteiger partial charge on any atom is -0.493 e. The maximum absolute atomic E-state index is 9.77. The molecular weight excluding hydrogens is 264 g/mol. The van der Waals surface area contributed by atoms with Gasteiger partial charge < -0.3 is 14.6 Å². The molecule has 3 nitrogen and oxygen atoms in total. The van der Waals surface area contributed by atoms with Crippen molar-refractivity contribution < 1.29 is 14.6 Å². The highest BCUT2D eigenvalue weighted by Gasteiger charge is 2.24. The van der Waals surface area contributed by atoms with Gasteiger partial charge in [0.2, 0.25) is 0 Å². The molecule has 0 aromatic heterocycles. The summed E-state index contributed by atoms with van der Waals surface area (Å²) in [7, 11) is 0. The molecule has 1 heterocycles. The summed E-state index contributed by atoms with van der Waals surface area (Å²) in [6, 6.07) is 15.8. The molecule has 1 N–H and O–H groups in total. The molecule has 110 valence electrons. The molecule has 0 saturated carbocycles. The number of para-hydroxylation sites is 1. The van der Waals surface area contributed by atoms with Gasteiger partial charge >= 0.3 is 0 Å². The standard InChI is InChI=1S/C18H20O3/c1-2-17(19)13-7-9-15(10-8-13)20-11-14-12-21-18-6-4-3-5-16(14)18/h3-10,14,17,19H,2,11-12H2,1H3/t14?,17-/m1/s1. The molecule has 0 amide bonds. The maximum Gasteiger partial charge on any atom is 0.123 e. The summed E-state index contributed by atoms with van der Waals surface area (Å²) in [4.78, 5) is 0. The van der Waals surface area contributed by atoms with Crippen LogP contribution in [0.25, 0.3) is 0 Å².